The van der Waals surface area contributed by atoms with Gasteiger partial charge in [0.2, 0.25) is 0 Å². The summed E-state index contributed by atoms with van der Waals surface area (Å²) >= 11 is 0. The van der Waals surface area contributed by atoms with E-state index in [1.807, 2.05) is 13.0 Å². The van der Waals surface area contributed by atoms with Gasteiger partial charge in [0, 0.05) is 19.2 Å². The number of methoxy groups -OCH3 is 1. The van der Waals surface area contributed by atoms with Crippen LogP contribution < -0.4 is 10.1 Å². The number of phenols is 1. The average Bonchev–Trinajstić information content (AvgIpc) is 2.38. The van der Waals surface area contributed by atoms with Crippen LogP contribution >= 0.6 is 0 Å². The minimum atomic E-state index is 0.174. The zero-order chi connectivity index (χ0) is 14.3. The predicted octanol–water partition coefficient (Wildman–Crippen LogP) is 2.55. The van der Waals surface area contributed by atoms with Crippen molar-refractivity contribution in [3.63, 3.8) is 0 Å². The molecule has 4 heteroatoms. The van der Waals surface area contributed by atoms with Gasteiger partial charge < -0.3 is 19.9 Å². The van der Waals surface area contributed by atoms with Crippen LogP contribution in [-0.2, 0) is 11.3 Å². The molecule has 19 heavy (non-hydrogen) atoms. The summed E-state index contributed by atoms with van der Waals surface area (Å²) in [6, 6.07) is 5.76. The highest BCUT2D eigenvalue weighted by molar-refractivity contribution is 5.41. The van der Waals surface area contributed by atoms with Crippen molar-refractivity contribution in [2.75, 3.05) is 20.3 Å². The van der Waals surface area contributed by atoms with Crippen LogP contribution in [0.15, 0.2) is 18.2 Å². The Balaban J connectivity index is 2.56. The molecular weight excluding hydrogens is 242 g/mol. The average molecular weight is 267 g/mol. The lowest BCUT2D eigenvalue weighted by atomic mass is 10.0. The highest BCUT2D eigenvalue weighted by atomic mass is 16.5. The molecule has 0 aliphatic heterocycles. The number of hydrogen-bond donors (Lipinski definition) is 2. The van der Waals surface area contributed by atoms with Crippen molar-refractivity contribution in [2.45, 2.75) is 33.4 Å². The number of aromatic hydroxyl groups is 1. The van der Waals surface area contributed by atoms with Gasteiger partial charge in [0.1, 0.15) is 0 Å². The van der Waals surface area contributed by atoms with Crippen molar-refractivity contribution in [1.82, 2.24) is 5.32 Å². The summed E-state index contributed by atoms with van der Waals surface area (Å²) in [6.45, 7) is 8.47. The first-order valence-electron chi connectivity index (χ1n) is 6.75. The summed E-state index contributed by atoms with van der Waals surface area (Å²) in [5.41, 5.74) is 1.03. The Morgan fingerprint density at radius 2 is 2.05 bits per heavy atom. The summed E-state index contributed by atoms with van der Waals surface area (Å²) in [6.07, 6.45) is 0. The SMILES string of the molecule is CCOCC(NCc1ccc(OC)c(O)c1)C(C)C. The van der Waals surface area contributed by atoms with E-state index in [4.69, 9.17) is 9.47 Å². The van der Waals surface area contributed by atoms with E-state index in [1.165, 1.54) is 0 Å². The van der Waals surface area contributed by atoms with Crippen molar-refractivity contribution in [1.29, 1.82) is 0 Å². The van der Waals surface area contributed by atoms with Crippen molar-refractivity contribution >= 4 is 0 Å². The minimum Gasteiger partial charge on any atom is -0.504 e. The van der Waals surface area contributed by atoms with Gasteiger partial charge in [-0.25, -0.2) is 0 Å². The first kappa shape index (κ1) is 15.8. The molecule has 4 nitrogen and oxygen atoms in total. The summed E-state index contributed by atoms with van der Waals surface area (Å²) in [4.78, 5) is 0. The Kier molecular flexibility index (Phi) is 6.67. The lowest BCUT2D eigenvalue weighted by Gasteiger charge is -2.22. The summed E-state index contributed by atoms with van der Waals surface area (Å²) < 4.78 is 10.5. The van der Waals surface area contributed by atoms with Crippen LogP contribution in [0.2, 0.25) is 0 Å². The molecule has 0 saturated heterocycles. The molecule has 0 spiro atoms. The normalized spacial score (nSPS) is 12.7. The van der Waals surface area contributed by atoms with Crippen LogP contribution in [-0.4, -0.2) is 31.5 Å². The molecule has 0 fully saturated rings. The zero-order valence-electron chi connectivity index (χ0n) is 12.3. The third-order valence-corrected chi connectivity index (χ3v) is 3.12. The highest BCUT2D eigenvalue weighted by Gasteiger charge is 2.13. The predicted molar refractivity (Wildman–Crippen MR) is 76.6 cm³/mol. The molecule has 1 rings (SSSR count). The van der Waals surface area contributed by atoms with Gasteiger partial charge in [-0.15, -0.1) is 0 Å². The first-order valence-corrected chi connectivity index (χ1v) is 6.75. The summed E-state index contributed by atoms with van der Waals surface area (Å²) in [5.74, 6) is 1.17. The van der Waals surface area contributed by atoms with E-state index in [9.17, 15) is 5.11 Å². The fourth-order valence-corrected chi connectivity index (χ4v) is 1.83. The van der Waals surface area contributed by atoms with Crippen LogP contribution in [0.5, 0.6) is 11.5 Å². The highest BCUT2D eigenvalue weighted by Crippen LogP contribution is 2.26. The second-order valence-electron chi connectivity index (χ2n) is 4.90. The Labute approximate surface area is 115 Å². The Morgan fingerprint density at radius 3 is 2.58 bits per heavy atom. The molecule has 0 amide bonds. The Bertz CT molecular complexity index is 380. The molecule has 0 saturated carbocycles. The lowest BCUT2D eigenvalue weighted by Crippen LogP contribution is -2.37. The maximum absolute atomic E-state index is 9.73. The van der Waals surface area contributed by atoms with Crippen LogP contribution in [0.1, 0.15) is 26.3 Å². The molecule has 0 aliphatic rings. The number of benzene rings is 1. The van der Waals surface area contributed by atoms with E-state index in [-0.39, 0.29) is 5.75 Å². The molecule has 108 valence electrons. The smallest absolute Gasteiger partial charge is 0.160 e. The van der Waals surface area contributed by atoms with Gasteiger partial charge in [-0.1, -0.05) is 19.9 Å². The maximum Gasteiger partial charge on any atom is 0.160 e. The second kappa shape index (κ2) is 8.02. The van der Waals surface area contributed by atoms with Gasteiger partial charge in [-0.3, -0.25) is 0 Å². The molecule has 1 unspecified atom stereocenters. The van der Waals surface area contributed by atoms with E-state index in [0.717, 1.165) is 12.2 Å². The number of phenolic OH excluding ortho intramolecular Hbond substituents is 1. The van der Waals surface area contributed by atoms with E-state index < -0.39 is 0 Å². The molecule has 0 aromatic heterocycles. The van der Waals surface area contributed by atoms with Crippen molar-refractivity contribution < 1.29 is 14.6 Å². The largest absolute Gasteiger partial charge is 0.504 e. The number of nitrogens with one attached hydrogen (secondary N) is 1. The number of hydrogen-bond acceptors (Lipinski definition) is 4. The molecule has 0 bridgehead atoms. The Morgan fingerprint density at radius 1 is 1.32 bits per heavy atom. The lowest BCUT2D eigenvalue weighted by molar-refractivity contribution is 0.108. The quantitative estimate of drug-likeness (QED) is 0.760. The fourth-order valence-electron chi connectivity index (χ4n) is 1.83. The standard InChI is InChI=1S/C15H25NO3/c1-5-19-10-13(11(2)3)16-9-12-6-7-15(18-4)14(17)8-12/h6-8,11,13,16-17H,5,9-10H2,1-4H3. The summed E-state index contributed by atoms with van der Waals surface area (Å²) in [7, 11) is 1.55. The monoisotopic (exact) mass is 267 g/mol. The molecule has 1 aromatic rings. The van der Waals surface area contributed by atoms with E-state index in [0.29, 0.717) is 30.9 Å². The molecule has 0 aliphatic carbocycles. The molecule has 0 radical (unpaired) electrons. The molecular formula is C15H25NO3. The fraction of sp³-hybridized carbons (Fsp3) is 0.600. The molecule has 1 atom stereocenters. The van der Waals surface area contributed by atoms with Crippen molar-refractivity contribution in [3.05, 3.63) is 23.8 Å². The number of rotatable bonds is 8. The third kappa shape index (κ3) is 5.09. The zero-order valence-corrected chi connectivity index (χ0v) is 12.3. The number of ether oxygens (including phenoxy) is 2. The van der Waals surface area contributed by atoms with E-state index in [2.05, 4.69) is 19.2 Å². The second-order valence-corrected chi connectivity index (χ2v) is 4.90. The van der Waals surface area contributed by atoms with Crippen molar-refractivity contribution in [2.24, 2.45) is 5.92 Å². The van der Waals surface area contributed by atoms with Gasteiger partial charge in [0.25, 0.3) is 0 Å². The Hall–Kier alpha value is -1.26. The molecule has 1 aromatic carbocycles. The minimum absolute atomic E-state index is 0.174. The van der Waals surface area contributed by atoms with Gasteiger partial charge in [0.05, 0.1) is 13.7 Å². The van der Waals surface area contributed by atoms with E-state index in [1.54, 1.807) is 19.2 Å². The van der Waals surface area contributed by atoms with Crippen LogP contribution in [0.25, 0.3) is 0 Å². The van der Waals surface area contributed by atoms with Gasteiger partial charge in [0.15, 0.2) is 11.5 Å². The van der Waals surface area contributed by atoms with Crippen LogP contribution in [0.3, 0.4) is 0 Å². The molecule has 0 heterocycles. The van der Waals surface area contributed by atoms with Gasteiger partial charge in [-0.05, 0) is 30.5 Å². The van der Waals surface area contributed by atoms with Crippen LogP contribution in [0, 0.1) is 5.92 Å². The summed E-state index contributed by atoms with van der Waals surface area (Å²) in [5, 5.41) is 13.2. The van der Waals surface area contributed by atoms with Crippen LogP contribution in [0.4, 0.5) is 0 Å². The van der Waals surface area contributed by atoms with Gasteiger partial charge in [-0.2, -0.15) is 0 Å². The molecule has 2 N–H and O–H groups in total. The maximum atomic E-state index is 9.73. The topological polar surface area (TPSA) is 50.7 Å². The van der Waals surface area contributed by atoms with E-state index >= 15 is 0 Å². The third-order valence-electron chi connectivity index (χ3n) is 3.12. The first-order chi connectivity index (χ1) is 9.08. The van der Waals surface area contributed by atoms with Crippen molar-refractivity contribution in [3.8, 4) is 11.5 Å². The van der Waals surface area contributed by atoms with Gasteiger partial charge >= 0.3 is 0 Å².